The lowest BCUT2D eigenvalue weighted by molar-refractivity contribution is -0.139. The van der Waals surface area contributed by atoms with Crippen molar-refractivity contribution < 1.29 is 14.3 Å². The van der Waals surface area contributed by atoms with Crippen LogP contribution in [0, 0.1) is 0 Å². The Morgan fingerprint density at radius 1 is 1.33 bits per heavy atom. The van der Waals surface area contributed by atoms with Crippen LogP contribution in [0.1, 0.15) is 25.3 Å². The summed E-state index contributed by atoms with van der Waals surface area (Å²) < 4.78 is 10.4. The fourth-order valence-electron chi connectivity index (χ4n) is 2.02. The molecule has 1 heterocycles. The highest BCUT2D eigenvalue weighted by Gasteiger charge is 2.27. The zero-order chi connectivity index (χ0) is 13.0. The summed E-state index contributed by atoms with van der Waals surface area (Å²) in [6.45, 7) is 3.94. The molecule has 1 aliphatic rings. The fourth-order valence-corrected chi connectivity index (χ4v) is 2.02. The van der Waals surface area contributed by atoms with E-state index >= 15 is 0 Å². The molecule has 1 aromatic rings. The van der Waals surface area contributed by atoms with E-state index in [1.165, 1.54) is 0 Å². The summed E-state index contributed by atoms with van der Waals surface area (Å²) >= 11 is 0. The van der Waals surface area contributed by atoms with Gasteiger partial charge in [-0.2, -0.15) is 0 Å². The second kappa shape index (κ2) is 5.54. The Morgan fingerprint density at radius 2 is 2.06 bits per heavy atom. The molecule has 1 atom stereocenters. The molecule has 0 saturated carbocycles. The van der Waals surface area contributed by atoms with Crippen LogP contribution >= 0.6 is 0 Å². The lowest BCUT2D eigenvalue weighted by Crippen LogP contribution is -2.18. The molecular formula is C15H16O3. The number of carbonyl (C=O) groups excluding carboxylic acids is 1. The third-order valence-electron chi connectivity index (χ3n) is 2.86. The van der Waals surface area contributed by atoms with E-state index in [4.69, 9.17) is 9.47 Å². The van der Waals surface area contributed by atoms with Gasteiger partial charge >= 0.3 is 5.97 Å². The molecule has 1 aromatic carbocycles. The molecule has 0 aliphatic carbocycles. The van der Waals surface area contributed by atoms with Crippen LogP contribution in [0.2, 0.25) is 0 Å². The Bertz CT molecular complexity index is 486. The van der Waals surface area contributed by atoms with Gasteiger partial charge in [0, 0.05) is 5.92 Å². The van der Waals surface area contributed by atoms with Gasteiger partial charge in [-0.3, -0.25) is 0 Å². The summed E-state index contributed by atoms with van der Waals surface area (Å²) in [6.07, 6.45) is 3.49. The third kappa shape index (κ3) is 2.45. The van der Waals surface area contributed by atoms with E-state index in [1.807, 2.05) is 36.4 Å². The predicted octanol–water partition coefficient (Wildman–Crippen LogP) is 3.15. The molecule has 3 nitrogen and oxygen atoms in total. The van der Waals surface area contributed by atoms with E-state index in [2.05, 4.69) is 0 Å². The molecule has 0 spiro atoms. The van der Waals surface area contributed by atoms with Gasteiger partial charge in [-0.15, -0.1) is 0 Å². The quantitative estimate of drug-likeness (QED) is 0.766. The van der Waals surface area contributed by atoms with Crippen molar-refractivity contribution in [2.45, 2.75) is 19.8 Å². The molecule has 3 heteroatoms. The van der Waals surface area contributed by atoms with E-state index < -0.39 is 0 Å². The van der Waals surface area contributed by atoms with Gasteiger partial charge in [0.1, 0.15) is 5.76 Å². The van der Waals surface area contributed by atoms with E-state index in [0.29, 0.717) is 17.9 Å². The number of carbonyl (C=O) groups is 1. The van der Waals surface area contributed by atoms with Crippen LogP contribution in [0.5, 0.6) is 0 Å². The van der Waals surface area contributed by atoms with Crippen molar-refractivity contribution in [1.82, 2.24) is 0 Å². The van der Waals surface area contributed by atoms with Crippen LogP contribution in [0.25, 0.3) is 0 Å². The Labute approximate surface area is 107 Å². The van der Waals surface area contributed by atoms with Crippen LogP contribution in [0.15, 0.2) is 54.0 Å². The minimum absolute atomic E-state index is 0.0981. The third-order valence-corrected chi connectivity index (χ3v) is 2.86. The van der Waals surface area contributed by atoms with Crippen LogP contribution in [-0.2, 0) is 14.3 Å². The molecule has 18 heavy (non-hydrogen) atoms. The summed E-state index contributed by atoms with van der Waals surface area (Å²) in [5.41, 5.74) is 1.63. The largest absolute Gasteiger partial charge is 0.469 e. The van der Waals surface area contributed by atoms with Gasteiger partial charge in [0.25, 0.3) is 0 Å². The van der Waals surface area contributed by atoms with Gasteiger partial charge in [-0.25, -0.2) is 4.79 Å². The first-order chi connectivity index (χ1) is 8.74. The van der Waals surface area contributed by atoms with Crippen LogP contribution in [0.3, 0.4) is 0 Å². The van der Waals surface area contributed by atoms with Crippen molar-refractivity contribution in [2.75, 3.05) is 6.61 Å². The Morgan fingerprint density at radius 3 is 2.72 bits per heavy atom. The number of rotatable bonds is 3. The molecule has 0 saturated heterocycles. The number of hydrogen-bond donors (Lipinski definition) is 0. The standard InChI is InChI=1S/C15H16O3/c1-3-17-15(16)14-11(2)18-10-9-13(14)12-7-5-4-6-8-12/h4-10,13H,3H2,1-2H3. The maximum absolute atomic E-state index is 12.0. The van der Waals surface area contributed by atoms with Crippen molar-refractivity contribution in [1.29, 1.82) is 0 Å². The average Bonchev–Trinajstić information content (AvgIpc) is 2.39. The molecule has 0 radical (unpaired) electrons. The topological polar surface area (TPSA) is 35.5 Å². The smallest absolute Gasteiger partial charge is 0.338 e. The summed E-state index contributed by atoms with van der Waals surface area (Å²) in [4.78, 5) is 12.0. The number of hydrogen-bond acceptors (Lipinski definition) is 3. The molecule has 0 amide bonds. The highest BCUT2D eigenvalue weighted by molar-refractivity contribution is 5.91. The molecule has 2 rings (SSSR count). The monoisotopic (exact) mass is 244 g/mol. The van der Waals surface area contributed by atoms with Gasteiger partial charge in [-0.1, -0.05) is 30.3 Å². The summed E-state index contributed by atoms with van der Waals surface area (Å²) in [6, 6.07) is 9.85. The van der Waals surface area contributed by atoms with E-state index in [0.717, 1.165) is 5.56 Å². The van der Waals surface area contributed by atoms with Crippen molar-refractivity contribution >= 4 is 5.97 Å². The first-order valence-corrected chi connectivity index (χ1v) is 6.00. The molecule has 94 valence electrons. The van der Waals surface area contributed by atoms with Crippen molar-refractivity contribution in [3.63, 3.8) is 0 Å². The molecule has 0 fully saturated rings. The van der Waals surface area contributed by atoms with Gasteiger partial charge in [0.15, 0.2) is 0 Å². The lowest BCUT2D eigenvalue weighted by Gasteiger charge is -2.21. The molecule has 1 unspecified atom stereocenters. The fraction of sp³-hybridized carbons (Fsp3) is 0.267. The van der Waals surface area contributed by atoms with Crippen molar-refractivity contribution in [3.05, 3.63) is 59.6 Å². The van der Waals surface area contributed by atoms with Gasteiger partial charge in [0.2, 0.25) is 0 Å². The minimum atomic E-state index is -0.312. The molecule has 0 N–H and O–H groups in total. The van der Waals surface area contributed by atoms with Gasteiger partial charge < -0.3 is 9.47 Å². The van der Waals surface area contributed by atoms with Gasteiger partial charge in [0.05, 0.1) is 18.4 Å². The number of ether oxygens (including phenoxy) is 2. The Balaban J connectivity index is 2.36. The van der Waals surface area contributed by atoms with Crippen molar-refractivity contribution in [3.8, 4) is 0 Å². The minimum Gasteiger partial charge on any atom is -0.469 e. The van der Waals surface area contributed by atoms with E-state index in [-0.39, 0.29) is 11.9 Å². The van der Waals surface area contributed by atoms with Gasteiger partial charge in [-0.05, 0) is 25.5 Å². The zero-order valence-electron chi connectivity index (χ0n) is 10.6. The second-order valence-corrected chi connectivity index (χ2v) is 4.03. The number of esters is 1. The van der Waals surface area contributed by atoms with Crippen molar-refractivity contribution in [2.24, 2.45) is 0 Å². The predicted molar refractivity (Wildman–Crippen MR) is 68.7 cm³/mol. The summed E-state index contributed by atoms with van der Waals surface area (Å²) in [5.74, 6) is 0.192. The van der Waals surface area contributed by atoms with E-state index in [1.54, 1.807) is 20.1 Å². The summed E-state index contributed by atoms with van der Waals surface area (Å²) in [5, 5.41) is 0. The first kappa shape index (κ1) is 12.4. The molecule has 1 aliphatic heterocycles. The second-order valence-electron chi connectivity index (χ2n) is 4.03. The molecule has 0 bridgehead atoms. The maximum atomic E-state index is 12.0. The van der Waals surface area contributed by atoms with Crippen LogP contribution < -0.4 is 0 Å². The lowest BCUT2D eigenvalue weighted by atomic mass is 9.89. The Kier molecular flexibility index (Phi) is 3.82. The maximum Gasteiger partial charge on any atom is 0.338 e. The van der Waals surface area contributed by atoms with Crippen LogP contribution in [-0.4, -0.2) is 12.6 Å². The molecule has 0 aromatic heterocycles. The highest BCUT2D eigenvalue weighted by atomic mass is 16.5. The molecular weight excluding hydrogens is 228 g/mol. The summed E-state index contributed by atoms with van der Waals surface area (Å²) in [7, 11) is 0. The SMILES string of the molecule is CCOC(=O)C1=C(C)OC=CC1c1ccccc1. The van der Waals surface area contributed by atoms with Crippen LogP contribution in [0.4, 0.5) is 0 Å². The Hall–Kier alpha value is -2.03. The normalized spacial score (nSPS) is 18.4. The number of benzene rings is 1. The highest BCUT2D eigenvalue weighted by Crippen LogP contribution is 2.32. The number of allylic oxidation sites excluding steroid dienone is 2. The first-order valence-electron chi connectivity index (χ1n) is 6.00. The zero-order valence-corrected chi connectivity index (χ0v) is 10.6. The van der Waals surface area contributed by atoms with E-state index in [9.17, 15) is 4.79 Å². The average molecular weight is 244 g/mol.